The molecule has 0 atom stereocenters. The number of hydrogen-bond donors (Lipinski definition) is 2. The molecule has 1 amide bonds. The summed E-state index contributed by atoms with van der Waals surface area (Å²) in [6, 6.07) is 9.50. The normalized spacial score (nSPS) is 20.3. The van der Waals surface area contributed by atoms with E-state index in [0.29, 0.717) is 36.9 Å². The highest BCUT2D eigenvalue weighted by Gasteiger charge is 2.27. The molecule has 0 saturated heterocycles. The van der Waals surface area contributed by atoms with Gasteiger partial charge in [-0.2, -0.15) is 0 Å². The Labute approximate surface area is 140 Å². The van der Waals surface area contributed by atoms with Crippen LogP contribution in [0.3, 0.4) is 0 Å². The minimum atomic E-state index is -0.748. The van der Waals surface area contributed by atoms with E-state index < -0.39 is 5.97 Å². The molecule has 2 aromatic rings. The minimum absolute atomic E-state index is 0.00284. The maximum Gasteiger partial charge on any atom is 0.306 e. The molecule has 1 aliphatic carbocycles. The SMILES string of the molecule is O=C(NC1CCC(C(=O)O)CC1)c1cncnc1-c1ccccc1. The molecule has 24 heavy (non-hydrogen) atoms. The minimum Gasteiger partial charge on any atom is -0.481 e. The van der Waals surface area contributed by atoms with Gasteiger partial charge in [-0.1, -0.05) is 30.3 Å². The van der Waals surface area contributed by atoms with Crippen LogP contribution in [0.15, 0.2) is 42.9 Å². The van der Waals surface area contributed by atoms with Crippen molar-refractivity contribution < 1.29 is 14.7 Å². The fraction of sp³-hybridized carbons (Fsp3) is 0.333. The molecule has 1 aliphatic rings. The van der Waals surface area contributed by atoms with Gasteiger partial charge >= 0.3 is 5.97 Å². The van der Waals surface area contributed by atoms with Crippen molar-refractivity contribution >= 4 is 11.9 Å². The molecule has 0 aliphatic heterocycles. The summed E-state index contributed by atoms with van der Waals surface area (Å²) in [5.41, 5.74) is 1.89. The molecule has 1 saturated carbocycles. The smallest absolute Gasteiger partial charge is 0.306 e. The molecule has 3 rings (SSSR count). The maximum atomic E-state index is 12.6. The fourth-order valence-electron chi connectivity index (χ4n) is 3.07. The molecular formula is C18H19N3O3. The van der Waals surface area contributed by atoms with Gasteiger partial charge in [-0.05, 0) is 25.7 Å². The van der Waals surface area contributed by atoms with E-state index in [2.05, 4.69) is 15.3 Å². The van der Waals surface area contributed by atoms with Crippen molar-refractivity contribution in [2.75, 3.05) is 0 Å². The van der Waals surface area contributed by atoms with Crippen LogP contribution in [0.5, 0.6) is 0 Å². The lowest BCUT2D eigenvalue weighted by molar-refractivity contribution is -0.142. The first-order valence-electron chi connectivity index (χ1n) is 8.04. The van der Waals surface area contributed by atoms with Gasteiger partial charge in [0.05, 0.1) is 17.2 Å². The van der Waals surface area contributed by atoms with Crippen molar-refractivity contribution in [2.24, 2.45) is 5.92 Å². The van der Waals surface area contributed by atoms with Crippen molar-refractivity contribution in [3.63, 3.8) is 0 Å². The Morgan fingerprint density at radius 2 is 1.79 bits per heavy atom. The van der Waals surface area contributed by atoms with Crippen LogP contribution in [-0.4, -0.2) is 33.0 Å². The summed E-state index contributed by atoms with van der Waals surface area (Å²) in [4.78, 5) is 31.8. The van der Waals surface area contributed by atoms with Crippen LogP contribution in [0.2, 0.25) is 0 Å². The predicted molar refractivity (Wildman–Crippen MR) is 88.3 cm³/mol. The van der Waals surface area contributed by atoms with Gasteiger partial charge in [0.1, 0.15) is 6.33 Å². The molecular weight excluding hydrogens is 306 g/mol. The zero-order chi connectivity index (χ0) is 16.9. The monoisotopic (exact) mass is 325 g/mol. The Morgan fingerprint density at radius 3 is 2.46 bits per heavy atom. The van der Waals surface area contributed by atoms with Crippen LogP contribution in [0.1, 0.15) is 36.0 Å². The summed E-state index contributed by atoms with van der Waals surface area (Å²) in [7, 11) is 0. The first kappa shape index (κ1) is 16.1. The highest BCUT2D eigenvalue weighted by Crippen LogP contribution is 2.25. The van der Waals surface area contributed by atoms with Gasteiger partial charge in [-0.25, -0.2) is 9.97 Å². The number of rotatable bonds is 4. The number of aliphatic carboxylic acids is 1. The predicted octanol–water partition coefficient (Wildman–Crippen LogP) is 2.52. The standard InChI is InChI=1S/C18H19N3O3/c22-17(21-14-8-6-13(7-9-14)18(23)24)15-10-19-11-20-16(15)12-4-2-1-3-5-12/h1-5,10-11,13-14H,6-9H2,(H,21,22)(H,23,24). The molecule has 0 bridgehead atoms. The molecule has 6 nitrogen and oxygen atoms in total. The van der Waals surface area contributed by atoms with Crippen LogP contribution in [0.4, 0.5) is 0 Å². The van der Waals surface area contributed by atoms with Crippen molar-refractivity contribution in [2.45, 2.75) is 31.7 Å². The van der Waals surface area contributed by atoms with Gasteiger partial charge in [-0.15, -0.1) is 0 Å². The highest BCUT2D eigenvalue weighted by molar-refractivity contribution is 5.99. The van der Waals surface area contributed by atoms with Crippen LogP contribution in [0, 0.1) is 5.92 Å². The summed E-state index contributed by atoms with van der Waals surface area (Å²) in [6.07, 6.45) is 5.49. The summed E-state index contributed by atoms with van der Waals surface area (Å²) < 4.78 is 0. The van der Waals surface area contributed by atoms with Crippen molar-refractivity contribution in [3.8, 4) is 11.3 Å². The molecule has 2 N–H and O–H groups in total. The van der Waals surface area contributed by atoms with Crippen molar-refractivity contribution in [3.05, 3.63) is 48.4 Å². The van der Waals surface area contributed by atoms with E-state index in [1.54, 1.807) is 0 Å². The second-order valence-corrected chi connectivity index (χ2v) is 6.01. The average molecular weight is 325 g/mol. The van der Waals surface area contributed by atoms with Crippen LogP contribution in [-0.2, 0) is 4.79 Å². The van der Waals surface area contributed by atoms with Gasteiger partial charge in [0.2, 0.25) is 0 Å². The van der Waals surface area contributed by atoms with Crippen molar-refractivity contribution in [1.29, 1.82) is 0 Å². The number of nitrogens with zero attached hydrogens (tertiary/aromatic N) is 2. The molecule has 0 radical (unpaired) electrons. The zero-order valence-electron chi connectivity index (χ0n) is 13.2. The highest BCUT2D eigenvalue weighted by atomic mass is 16.4. The number of hydrogen-bond acceptors (Lipinski definition) is 4. The quantitative estimate of drug-likeness (QED) is 0.901. The molecule has 1 aromatic carbocycles. The van der Waals surface area contributed by atoms with Crippen LogP contribution in [0.25, 0.3) is 11.3 Å². The fourth-order valence-corrected chi connectivity index (χ4v) is 3.07. The number of carboxylic acids is 1. The van der Waals surface area contributed by atoms with Gasteiger partial charge in [-0.3, -0.25) is 9.59 Å². The van der Waals surface area contributed by atoms with Crippen LogP contribution >= 0.6 is 0 Å². The van der Waals surface area contributed by atoms with E-state index in [9.17, 15) is 9.59 Å². The van der Waals surface area contributed by atoms with E-state index in [1.807, 2.05) is 30.3 Å². The van der Waals surface area contributed by atoms with Crippen molar-refractivity contribution in [1.82, 2.24) is 15.3 Å². The van der Waals surface area contributed by atoms with Gasteiger partial charge in [0, 0.05) is 17.8 Å². The Kier molecular flexibility index (Phi) is 4.84. The molecule has 1 fully saturated rings. The Hall–Kier alpha value is -2.76. The second-order valence-electron chi connectivity index (χ2n) is 6.01. The molecule has 6 heteroatoms. The van der Waals surface area contributed by atoms with E-state index in [1.165, 1.54) is 12.5 Å². The lowest BCUT2D eigenvalue weighted by Crippen LogP contribution is -2.39. The topological polar surface area (TPSA) is 92.2 Å². The third-order valence-corrected chi connectivity index (χ3v) is 4.42. The number of carboxylic acid groups (broad SMARTS) is 1. The van der Waals surface area contributed by atoms with E-state index in [-0.39, 0.29) is 17.9 Å². The first-order valence-corrected chi connectivity index (χ1v) is 8.04. The lowest BCUT2D eigenvalue weighted by Gasteiger charge is -2.27. The molecule has 0 spiro atoms. The maximum absolute atomic E-state index is 12.6. The number of carbonyl (C=O) groups excluding carboxylic acids is 1. The zero-order valence-corrected chi connectivity index (χ0v) is 13.2. The van der Waals surface area contributed by atoms with Gasteiger partial charge < -0.3 is 10.4 Å². The van der Waals surface area contributed by atoms with Crippen LogP contribution < -0.4 is 5.32 Å². The van der Waals surface area contributed by atoms with Gasteiger partial charge in [0.25, 0.3) is 5.91 Å². The Bertz CT molecular complexity index is 725. The van der Waals surface area contributed by atoms with Gasteiger partial charge in [0.15, 0.2) is 0 Å². The number of aromatic nitrogens is 2. The molecule has 124 valence electrons. The number of carbonyl (C=O) groups is 2. The van der Waals surface area contributed by atoms with E-state index >= 15 is 0 Å². The van der Waals surface area contributed by atoms with E-state index in [4.69, 9.17) is 5.11 Å². The Balaban J connectivity index is 1.72. The first-order chi connectivity index (χ1) is 11.6. The second kappa shape index (κ2) is 7.21. The molecule has 0 unspecified atom stereocenters. The third-order valence-electron chi connectivity index (χ3n) is 4.42. The third kappa shape index (κ3) is 3.59. The number of amides is 1. The summed E-state index contributed by atoms with van der Waals surface area (Å²) in [5.74, 6) is -1.26. The summed E-state index contributed by atoms with van der Waals surface area (Å²) in [5, 5.41) is 12.0. The number of nitrogens with one attached hydrogen (secondary N) is 1. The largest absolute Gasteiger partial charge is 0.481 e. The lowest BCUT2D eigenvalue weighted by atomic mass is 9.86. The molecule has 1 heterocycles. The average Bonchev–Trinajstić information content (AvgIpc) is 2.63. The summed E-state index contributed by atoms with van der Waals surface area (Å²) in [6.45, 7) is 0. The summed E-state index contributed by atoms with van der Waals surface area (Å²) >= 11 is 0. The number of benzene rings is 1. The van der Waals surface area contributed by atoms with E-state index in [0.717, 1.165) is 5.56 Å². The molecule has 1 aromatic heterocycles. The Morgan fingerprint density at radius 1 is 1.08 bits per heavy atom.